The Morgan fingerprint density at radius 3 is 2.62 bits per heavy atom. The number of benzene rings is 1. The van der Waals surface area contributed by atoms with Gasteiger partial charge in [-0.15, -0.1) is 0 Å². The van der Waals surface area contributed by atoms with Crippen LogP contribution in [0.5, 0.6) is 0 Å². The Labute approximate surface area is 149 Å². The highest BCUT2D eigenvalue weighted by molar-refractivity contribution is 6.36. The first-order valence-electron chi connectivity index (χ1n) is 7.76. The fraction of sp³-hybridized carbons (Fsp3) is 0.438. The van der Waals surface area contributed by atoms with Crippen molar-refractivity contribution in [2.75, 3.05) is 18.0 Å². The third-order valence-electron chi connectivity index (χ3n) is 4.57. The fourth-order valence-electron chi connectivity index (χ4n) is 3.37. The molecule has 6 nitrogen and oxygen atoms in total. The van der Waals surface area contributed by atoms with E-state index < -0.39 is 17.9 Å². The van der Waals surface area contributed by atoms with E-state index in [4.69, 9.17) is 28.9 Å². The monoisotopic (exact) mass is 369 g/mol. The molecule has 0 aromatic heterocycles. The van der Waals surface area contributed by atoms with Gasteiger partial charge in [0.1, 0.15) is 12.0 Å². The number of nitrogens with two attached hydrogens (primary N) is 1. The number of hydrogen-bond donors (Lipinski definition) is 1. The SMILES string of the molecule is NC(=O)[C@H]1CCCN1C(=O)C1CCN(c2cc(Cl)ccc2Cl)C1=O. The molecule has 3 rings (SSSR count). The van der Waals surface area contributed by atoms with Crippen molar-refractivity contribution < 1.29 is 14.4 Å². The number of nitrogens with zero attached hydrogens (tertiary/aromatic N) is 2. The van der Waals surface area contributed by atoms with Crippen LogP contribution >= 0.6 is 23.2 Å². The van der Waals surface area contributed by atoms with Gasteiger partial charge in [0.05, 0.1) is 10.7 Å². The molecule has 0 bridgehead atoms. The first kappa shape index (κ1) is 17.0. The highest BCUT2D eigenvalue weighted by Crippen LogP contribution is 2.34. The predicted molar refractivity (Wildman–Crippen MR) is 90.9 cm³/mol. The average molecular weight is 370 g/mol. The molecule has 2 fully saturated rings. The second kappa shape index (κ2) is 6.61. The number of amides is 3. The zero-order chi connectivity index (χ0) is 17.4. The van der Waals surface area contributed by atoms with Crippen LogP contribution in [0, 0.1) is 5.92 Å². The molecular weight excluding hydrogens is 353 g/mol. The molecule has 1 aromatic carbocycles. The molecule has 2 aliphatic heterocycles. The third kappa shape index (κ3) is 2.96. The molecule has 0 saturated carbocycles. The minimum Gasteiger partial charge on any atom is -0.368 e. The molecule has 0 spiro atoms. The van der Waals surface area contributed by atoms with Gasteiger partial charge in [-0.3, -0.25) is 14.4 Å². The molecule has 2 saturated heterocycles. The Kier molecular flexibility index (Phi) is 4.69. The molecule has 8 heteroatoms. The Hall–Kier alpha value is -1.79. The Bertz CT molecular complexity index is 710. The van der Waals surface area contributed by atoms with Gasteiger partial charge in [0.2, 0.25) is 17.7 Å². The number of hydrogen-bond acceptors (Lipinski definition) is 3. The highest BCUT2D eigenvalue weighted by Gasteiger charge is 2.43. The summed E-state index contributed by atoms with van der Waals surface area (Å²) in [7, 11) is 0. The lowest BCUT2D eigenvalue weighted by molar-refractivity contribution is -0.143. The maximum Gasteiger partial charge on any atom is 0.240 e. The zero-order valence-corrected chi connectivity index (χ0v) is 14.4. The van der Waals surface area contributed by atoms with E-state index >= 15 is 0 Å². The van der Waals surface area contributed by atoms with Crippen molar-refractivity contribution in [2.24, 2.45) is 11.7 Å². The smallest absolute Gasteiger partial charge is 0.240 e. The second-order valence-electron chi connectivity index (χ2n) is 6.02. The van der Waals surface area contributed by atoms with Crippen LogP contribution in [0.4, 0.5) is 5.69 Å². The molecule has 0 aliphatic carbocycles. The van der Waals surface area contributed by atoms with E-state index in [1.165, 1.54) is 9.80 Å². The van der Waals surface area contributed by atoms with Gasteiger partial charge in [0.25, 0.3) is 0 Å². The molecule has 2 N–H and O–H groups in total. The van der Waals surface area contributed by atoms with Crippen molar-refractivity contribution >= 4 is 46.6 Å². The van der Waals surface area contributed by atoms with Crippen LogP contribution in [0.3, 0.4) is 0 Å². The summed E-state index contributed by atoms with van der Waals surface area (Å²) in [4.78, 5) is 39.8. The molecule has 1 unspecified atom stereocenters. The van der Waals surface area contributed by atoms with Crippen LogP contribution in [0.1, 0.15) is 19.3 Å². The van der Waals surface area contributed by atoms with Gasteiger partial charge in [0, 0.05) is 18.1 Å². The summed E-state index contributed by atoms with van der Waals surface area (Å²) in [5, 5.41) is 0.863. The largest absolute Gasteiger partial charge is 0.368 e. The van der Waals surface area contributed by atoms with E-state index in [1.54, 1.807) is 18.2 Å². The van der Waals surface area contributed by atoms with E-state index in [2.05, 4.69) is 0 Å². The number of carbonyl (C=O) groups is 3. The van der Waals surface area contributed by atoms with Crippen molar-refractivity contribution in [1.82, 2.24) is 4.90 Å². The summed E-state index contributed by atoms with van der Waals surface area (Å²) < 4.78 is 0. The standard InChI is InChI=1S/C16H17Cl2N3O3/c17-9-3-4-11(18)13(8-9)21-7-5-10(16(21)24)15(23)20-6-1-2-12(20)14(19)22/h3-4,8,10,12H,1-2,5-7H2,(H2,19,22)/t10?,12-/m1/s1. The summed E-state index contributed by atoms with van der Waals surface area (Å²) in [6.07, 6.45) is 1.64. The molecule has 2 atom stereocenters. The minimum absolute atomic E-state index is 0.320. The highest BCUT2D eigenvalue weighted by atomic mass is 35.5. The lowest BCUT2D eigenvalue weighted by Gasteiger charge is -2.25. The topological polar surface area (TPSA) is 83.7 Å². The van der Waals surface area contributed by atoms with Crippen LogP contribution in [-0.2, 0) is 14.4 Å². The Balaban J connectivity index is 1.80. The first-order valence-corrected chi connectivity index (χ1v) is 8.52. The first-order chi connectivity index (χ1) is 11.4. The lowest BCUT2D eigenvalue weighted by atomic mass is 10.1. The van der Waals surface area contributed by atoms with Crippen molar-refractivity contribution in [3.05, 3.63) is 28.2 Å². The normalized spacial score (nSPS) is 23.8. The number of rotatable bonds is 3. The number of carbonyl (C=O) groups excluding carboxylic acids is 3. The third-order valence-corrected chi connectivity index (χ3v) is 5.12. The van der Waals surface area contributed by atoms with E-state index in [0.717, 1.165) is 0 Å². The second-order valence-corrected chi connectivity index (χ2v) is 6.86. The van der Waals surface area contributed by atoms with E-state index in [9.17, 15) is 14.4 Å². The van der Waals surface area contributed by atoms with Crippen molar-refractivity contribution in [3.8, 4) is 0 Å². The van der Waals surface area contributed by atoms with Crippen LogP contribution in [0.2, 0.25) is 10.0 Å². The summed E-state index contributed by atoms with van der Waals surface area (Å²) >= 11 is 12.1. The number of anilines is 1. The maximum atomic E-state index is 12.7. The van der Waals surface area contributed by atoms with Crippen molar-refractivity contribution in [1.29, 1.82) is 0 Å². The molecule has 0 radical (unpaired) electrons. The van der Waals surface area contributed by atoms with Crippen LogP contribution < -0.4 is 10.6 Å². The molecule has 24 heavy (non-hydrogen) atoms. The quantitative estimate of drug-likeness (QED) is 0.824. The Morgan fingerprint density at radius 1 is 1.17 bits per heavy atom. The molecule has 3 amide bonds. The van der Waals surface area contributed by atoms with Gasteiger partial charge in [-0.25, -0.2) is 0 Å². The van der Waals surface area contributed by atoms with Gasteiger partial charge >= 0.3 is 0 Å². The van der Waals surface area contributed by atoms with Crippen LogP contribution in [0.25, 0.3) is 0 Å². The van der Waals surface area contributed by atoms with Gasteiger partial charge in [-0.2, -0.15) is 0 Å². The van der Waals surface area contributed by atoms with Crippen molar-refractivity contribution in [3.63, 3.8) is 0 Å². The predicted octanol–water partition coefficient (Wildman–Crippen LogP) is 1.82. The van der Waals surface area contributed by atoms with Crippen LogP contribution in [-0.4, -0.2) is 41.8 Å². The summed E-state index contributed by atoms with van der Waals surface area (Å²) in [5.41, 5.74) is 5.85. The van der Waals surface area contributed by atoms with Crippen molar-refractivity contribution in [2.45, 2.75) is 25.3 Å². The molecule has 2 aliphatic rings. The average Bonchev–Trinajstić information content (AvgIpc) is 3.16. The maximum absolute atomic E-state index is 12.7. The molecule has 2 heterocycles. The van der Waals surface area contributed by atoms with Gasteiger partial charge < -0.3 is 15.5 Å². The molecule has 128 valence electrons. The zero-order valence-electron chi connectivity index (χ0n) is 12.9. The molecule has 1 aromatic rings. The lowest BCUT2D eigenvalue weighted by Crippen LogP contribution is -2.47. The Morgan fingerprint density at radius 2 is 1.92 bits per heavy atom. The summed E-state index contributed by atoms with van der Waals surface area (Å²) in [6.45, 7) is 0.832. The minimum atomic E-state index is -0.806. The number of halogens is 2. The molecular formula is C16H17Cl2N3O3. The van der Waals surface area contributed by atoms with Crippen LogP contribution in [0.15, 0.2) is 18.2 Å². The van der Waals surface area contributed by atoms with Gasteiger partial charge in [-0.05, 0) is 37.5 Å². The van der Waals surface area contributed by atoms with Gasteiger partial charge in [-0.1, -0.05) is 23.2 Å². The number of primary amides is 1. The van der Waals surface area contributed by atoms with Gasteiger partial charge in [0.15, 0.2) is 0 Å². The summed E-state index contributed by atoms with van der Waals surface area (Å²) in [6, 6.07) is 4.24. The van der Waals surface area contributed by atoms with E-state index in [0.29, 0.717) is 48.1 Å². The van der Waals surface area contributed by atoms with E-state index in [-0.39, 0.29) is 11.8 Å². The van der Waals surface area contributed by atoms with E-state index in [1.807, 2.05) is 0 Å². The number of likely N-dealkylation sites (tertiary alicyclic amines) is 1. The summed E-state index contributed by atoms with van der Waals surface area (Å²) in [5.74, 6) is -1.98. The fourth-order valence-corrected chi connectivity index (χ4v) is 3.75.